The second-order valence-electron chi connectivity index (χ2n) is 8.32. The molecule has 0 saturated carbocycles. The monoisotopic (exact) mass is 554 g/mol. The minimum Gasteiger partial charge on any atom is -0.478 e. The number of hydrogen-bond acceptors (Lipinski definition) is 7. The molecule has 0 bridgehead atoms. The van der Waals surface area contributed by atoms with Gasteiger partial charge in [-0.2, -0.15) is 13.2 Å². The number of fused-ring (bicyclic) bond motifs is 3. The van der Waals surface area contributed by atoms with Crippen LogP contribution in [0.3, 0.4) is 0 Å². The first-order valence-electron chi connectivity index (χ1n) is 11.1. The van der Waals surface area contributed by atoms with Crippen LogP contribution in [0.4, 0.5) is 13.2 Å². The zero-order valence-electron chi connectivity index (χ0n) is 18.6. The van der Waals surface area contributed by atoms with Crippen molar-refractivity contribution in [1.82, 2.24) is 9.80 Å². The third kappa shape index (κ3) is 5.04. The summed E-state index contributed by atoms with van der Waals surface area (Å²) in [6.45, 7) is 5.03. The van der Waals surface area contributed by atoms with Crippen LogP contribution >= 0.6 is 15.9 Å². The SMILES string of the molecule is O=c1c(Oc2ccccc2Br)c(C(F)(F)F)oc2c3c(ccc12)OCN(CCN1CCOCC1)C3. The molecule has 11 heteroatoms. The Balaban J connectivity index is 1.51. The van der Waals surface area contributed by atoms with Gasteiger partial charge in [0.05, 0.1) is 28.6 Å². The van der Waals surface area contributed by atoms with E-state index in [0.717, 1.165) is 19.6 Å². The van der Waals surface area contributed by atoms with Crippen LogP contribution in [0.1, 0.15) is 11.3 Å². The Hall–Kier alpha value is -2.60. The Bertz CT molecular complexity index is 1290. The average Bonchev–Trinajstić information content (AvgIpc) is 2.85. The van der Waals surface area contributed by atoms with Crippen LogP contribution in [-0.2, 0) is 17.5 Å². The molecule has 3 aromatic rings. The van der Waals surface area contributed by atoms with E-state index in [2.05, 4.69) is 20.8 Å². The molecule has 0 amide bonds. The summed E-state index contributed by atoms with van der Waals surface area (Å²) in [6, 6.07) is 9.34. The summed E-state index contributed by atoms with van der Waals surface area (Å²) in [5.74, 6) is -1.92. The predicted molar refractivity (Wildman–Crippen MR) is 125 cm³/mol. The topological polar surface area (TPSA) is 64.4 Å². The van der Waals surface area contributed by atoms with Gasteiger partial charge >= 0.3 is 6.18 Å². The van der Waals surface area contributed by atoms with Crippen molar-refractivity contribution < 1.29 is 31.8 Å². The summed E-state index contributed by atoms with van der Waals surface area (Å²) in [5.41, 5.74) is -0.635. The molecule has 0 spiro atoms. The van der Waals surface area contributed by atoms with Crippen molar-refractivity contribution in [2.75, 3.05) is 46.1 Å². The predicted octanol–water partition coefficient (Wildman–Crippen LogP) is 4.85. The highest BCUT2D eigenvalue weighted by Gasteiger charge is 2.41. The minimum absolute atomic E-state index is 0.00238. The smallest absolute Gasteiger partial charge is 0.453 e. The number of benzene rings is 2. The molecule has 2 aliphatic rings. The maximum atomic E-state index is 14.0. The number of nitrogens with zero attached hydrogens (tertiary/aromatic N) is 2. The lowest BCUT2D eigenvalue weighted by Gasteiger charge is -2.32. The van der Waals surface area contributed by atoms with Gasteiger partial charge in [0.2, 0.25) is 11.2 Å². The van der Waals surface area contributed by atoms with Gasteiger partial charge < -0.3 is 18.6 Å². The maximum absolute atomic E-state index is 14.0. The molecule has 2 aromatic carbocycles. The van der Waals surface area contributed by atoms with Gasteiger partial charge in [-0.05, 0) is 40.2 Å². The summed E-state index contributed by atoms with van der Waals surface area (Å²) in [6.07, 6.45) is -4.95. The lowest BCUT2D eigenvalue weighted by Crippen LogP contribution is -2.43. The van der Waals surface area contributed by atoms with E-state index < -0.39 is 23.1 Å². The highest BCUT2D eigenvalue weighted by atomic mass is 79.9. The molecule has 2 aliphatic heterocycles. The van der Waals surface area contributed by atoms with Crippen LogP contribution in [-0.4, -0.2) is 55.9 Å². The molecule has 1 saturated heterocycles. The zero-order chi connectivity index (χ0) is 24.6. The van der Waals surface area contributed by atoms with Gasteiger partial charge in [0, 0.05) is 32.7 Å². The first-order valence-corrected chi connectivity index (χ1v) is 11.9. The zero-order valence-corrected chi connectivity index (χ0v) is 20.2. The first-order chi connectivity index (χ1) is 16.8. The summed E-state index contributed by atoms with van der Waals surface area (Å²) in [4.78, 5) is 17.5. The normalized spacial score (nSPS) is 17.3. The first kappa shape index (κ1) is 24.1. The van der Waals surface area contributed by atoms with Crippen LogP contribution in [0.15, 0.2) is 50.1 Å². The molecule has 0 radical (unpaired) electrons. The third-order valence-corrected chi connectivity index (χ3v) is 6.66. The maximum Gasteiger partial charge on any atom is 0.453 e. The summed E-state index contributed by atoms with van der Waals surface area (Å²) in [7, 11) is 0. The van der Waals surface area contributed by atoms with E-state index in [1.165, 1.54) is 12.1 Å². The van der Waals surface area contributed by atoms with E-state index in [0.29, 0.717) is 48.8 Å². The van der Waals surface area contributed by atoms with E-state index in [1.54, 1.807) is 24.3 Å². The van der Waals surface area contributed by atoms with Gasteiger partial charge in [-0.1, -0.05) is 12.1 Å². The molecule has 1 aromatic heterocycles. The quantitative estimate of drug-likeness (QED) is 0.446. The molecule has 186 valence electrons. The van der Waals surface area contributed by atoms with Crippen molar-refractivity contribution in [3.63, 3.8) is 0 Å². The van der Waals surface area contributed by atoms with Crippen LogP contribution < -0.4 is 14.9 Å². The molecule has 0 N–H and O–H groups in total. The lowest BCUT2D eigenvalue weighted by molar-refractivity contribution is -0.154. The average molecular weight is 555 g/mol. The van der Waals surface area contributed by atoms with Crippen LogP contribution in [0.25, 0.3) is 11.0 Å². The standard InChI is InChI=1S/C24H22BrF3N2O5/c25-17-3-1-2-4-19(17)34-22-20(31)15-5-6-18-16(21(15)35-23(22)24(26,27)28)13-30(14-33-18)8-7-29-9-11-32-12-10-29/h1-6H,7-14H2. The van der Waals surface area contributed by atoms with Gasteiger partial charge in [-0.15, -0.1) is 0 Å². The van der Waals surface area contributed by atoms with Crippen molar-refractivity contribution in [3.05, 3.63) is 62.4 Å². The summed E-state index contributed by atoms with van der Waals surface area (Å²) < 4.78 is 64.4. The van der Waals surface area contributed by atoms with Crippen molar-refractivity contribution in [2.45, 2.75) is 12.7 Å². The van der Waals surface area contributed by atoms with E-state index >= 15 is 0 Å². The Morgan fingerprint density at radius 1 is 1.03 bits per heavy atom. The van der Waals surface area contributed by atoms with Crippen LogP contribution in [0.2, 0.25) is 0 Å². The molecule has 7 nitrogen and oxygen atoms in total. The molecule has 35 heavy (non-hydrogen) atoms. The molecule has 5 rings (SSSR count). The molecule has 1 fully saturated rings. The van der Waals surface area contributed by atoms with E-state index in [-0.39, 0.29) is 16.7 Å². The van der Waals surface area contributed by atoms with E-state index in [9.17, 15) is 18.0 Å². The summed E-state index contributed by atoms with van der Waals surface area (Å²) in [5, 5.41) is -0.00238. The fourth-order valence-electron chi connectivity index (χ4n) is 4.16. The number of hydrogen-bond donors (Lipinski definition) is 0. The molecular weight excluding hydrogens is 533 g/mol. The Morgan fingerprint density at radius 3 is 2.51 bits per heavy atom. The van der Waals surface area contributed by atoms with Gasteiger partial charge in [-0.25, -0.2) is 0 Å². The number of ether oxygens (including phenoxy) is 3. The van der Waals surface area contributed by atoms with Crippen molar-refractivity contribution >= 4 is 26.9 Å². The fraction of sp³-hybridized carbons (Fsp3) is 0.375. The number of alkyl halides is 3. The second kappa shape index (κ2) is 9.81. The van der Waals surface area contributed by atoms with E-state index in [4.69, 9.17) is 18.6 Å². The van der Waals surface area contributed by atoms with Gasteiger partial charge in [-0.3, -0.25) is 14.6 Å². The Morgan fingerprint density at radius 2 is 1.77 bits per heavy atom. The highest BCUT2D eigenvalue weighted by molar-refractivity contribution is 9.10. The Kier molecular flexibility index (Phi) is 6.75. The van der Waals surface area contributed by atoms with Gasteiger partial charge in [0.1, 0.15) is 23.8 Å². The lowest BCUT2D eigenvalue weighted by atomic mass is 10.1. The number of para-hydroxylation sites is 1. The molecule has 0 aliphatic carbocycles. The number of rotatable bonds is 5. The van der Waals surface area contributed by atoms with Crippen molar-refractivity contribution in [3.8, 4) is 17.2 Å². The van der Waals surface area contributed by atoms with E-state index in [1.807, 2.05) is 4.90 Å². The largest absolute Gasteiger partial charge is 0.478 e. The van der Waals surface area contributed by atoms with Gasteiger partial charge in [0.25, 0.3) is 5.76 Å². The summed E-state index contributed by atoms with van der Waals surface area (Å²) >= 11 is 3.23. The molecule has 3 heterocycles. The van der Waals surface area contributed by atoms with Crippen LogP contribution in [0, 0.1) is 0 Å². The van der Waals surface area contributed by atoms with Gasteiger partial charge in [0.15, 0.2) is 0 Å². The Labute approximate surface area is 207 Å². The van der Waals surface area contributed by atoms with Crippen molar-refractivity contribution in [2.24, 2.45) is 0 Å². The van der Waals surface area contributed by atoms with Crippen molar-refractivity contribution in [1.29, 1.82) is 0 Å². The van der Waals surface area contributed by atoms with Crippen LogP contribution in [0.5, 0.6) is 17.2 Å². The molecular formula is C24H22BrF3N2O5. The number of morpholine rings is 1. The number of halogens is 4. The fourth-order valence-corrected chi connectivity index (χ4v) is 4.53. The highest BCUT2D eigenvalue weighted by Crippen LogP contribution is 2.41. The minimum atomic E-state index is -4.95. The third-order valence-electron chi connectivity index (χ3n) is 6.01. The second-order valence-corrected chi connectivity index (χ2v) is 9.17. The molecule has 0 atom stereocenters. The molecule has 0 unspecified atom stereocenters.